The van der Waals surface area contributed by atoms with Crippen molar-refractivity contribution in [3.8, 4) is 11.9 Å². The van der Waals surface area contributed by atoms with Crippen LogP contribution in [0.3, 0.4) is 0 Å². The van der Waals surface area contributed by atoms with Crippen LogP contribution < -0.4 is 10.2 Å². The summed E-state index contributed by atoms with van der Waals surface area (Å²) in [5, 5.41) is 17.5. The number of pyridine rings is 1. The van der Waals surface area contributed by atoms with E-state index in [2.05, 4.69) is 21.5 Å². The molecular weight excluding hydrogens is 364 g/mol. The number of aromatic nitrogens is 3. The second-order valence-corrected chi connectivity index (χ2v) is 6.69. The molecule has 0 aliphatic rings. The summed E-state index contributed by atoms with van der Waals surface area (Å²) in [6.45, 7) is 0. The first-order valence-electron chi connectivity index (χ1n) is 9.00. The van der Waals surface area contributed by atoms with Crippen molar-refractivity contribution >= 4 is 28.3 Å². The van der Waals surface area contributed by atoms with E-state index in [1.54, 1.807) is 18.2 Å². The Labute approximate surface area is 167 Å². The first kappa shape index (κ1) is 18.2. The van der Waals surface area contributed by atoms with Crippen molar-refractivity contribution in [1.29, 1.82) is 5.26 Å². The third-order valence-electron chi connectivity index (χ3n) is 4.55. The molecule has 0 bridgehead atoms. The number of para-hydroxylation sites is 1. The van der Waals surface area contributed by atoms with Gasteiger partial charge >= 0.3 is 0 Å². The second kappa shape index (κ2) is 7.44. The minimum atomic E-state index is -0.326. The van der Waals surface area contributed by atoms with Gasteiger partial charge in [0.2, 0.25) is 0 Å². The number of amides is 1. The van der Waals surface area contributed by atoms with Crippen molar-refractivity contribution in [2.45, 2.75) is 0 Å². The summed E-state index contributed by atoms with van der Waals surface area (Å²) in [7, 11) is 3.82. The number of nitrogens with one attached hydrogen (secondary N) is 1. The van der Waals surface area contributed by atoms with Gasteiger partial charge in [-0.15, -0.1) is 0 Å². The van der Waals surface area contributed by atoms with Gasteiger partial charge in [0, 0.05) is 30.7 Å². The number of anilines is 2. The number of carbonyl (C=O) groups excluding carboxylic acids is 1. The van der Waals surface area contributed by atoms with Crippen molar-refractivity contribution in [2.75, 3.05) is 24.3 Å². The normalized spacial score (nSPS) is 10.5. The minimum absolute atomic E-state index is 0.261. The summed E-state index contributed by atoms with van der Waals surface area (Å²) in [5.74, 6) is 0.478. The lowest BCUT2D eigenvalue weighted by molar-refractivity contribution is 0.102. The predicted octanol–water partition coefficient (Wildman–Crippen LogP) is 3.61. The van der Waals surface area contributed by atoms with Gasteiger partial charge in [0.1, 0.15) is 11.6 Å². The number of hydrogen-bond donors (Lipinski definition) is 1. The van der Waals surface area contributed by atoms with Crippen LogP contribution in [-0.2, 0) is 0 Å². The summed E-state index contributed by atoms with van der Waals surface area (Å²) >= 11 is 0. The van der Waals surface area contributed by atoms with Gasteiger partial charge in [-0.25, -0.2) is 4.98 Å². The average molecular weight is 382 g/mol. The van der Waals surface area contributed by atoms with E-state index in [0.717, 1.165) is 16.6 Å². The molecule has 142 valence electrons. The molecular formula is C22H18N6O. The molecule has 0 aliphatic carbocycles. The van der Waals surface area contributed by atoms with Crippen LogP contribution >= 0.6 is 0 Å². The van der Waals surface area contributed by atoms with E-state index in [9.17, 15) is 10.1 Å². The van der Waals surface area contributed by atoms with E-state index in [1.807, 2.05) is 61.5 Å². The summed E-state index contributed by atoms with van der Waals surface area (Å²) in [6.07, 6.45) is 1.42. The van der Waals surface area contributed by atoms with E-state index in [0.29, 0.717) is 11.4 Å². The number of nitrogens with zero attached hydrogens (tertiary/aromatic N) is 5. The maximum absolute atomic E-state index is 12.9. The largest absolute Gasteiger partial charge is 0.378 e. The molecule has 0 saturated carbocycles. The van der Waals surface area contributed by atoms with Crippen LogP contribution in [0.4, 0.5) is 11.5 Å². The SMILES string of the molecule is CN(C)c1cccc(C(=O)Nc2c(C#N)cnn2-c2ccc3ccccc3n2)c1. The molecule has 2 aromatic heterocycles. The number of carbonyl (C=O) groups is 1. The molecule has 7 heteroatoms. The summed E-state index contributed by atoms with van der Waals surface area (Å²) in [4.78, 5) is 19.4. The first-order valence-corrected chi connectivity index (χ1v) is 9.00. The lowest BCUT2D eigenvalue weighted by atomic mass is 10.2. The molecule has 1 amide bonds. The van der Waals surface area contributed by atoms with E-state index in [4.69, 9.17) is 0 Å². The molecule has 2 aromatic carbocycles. The van der Waals surface area contributed by atoms with Gasteiger partial charge in [0.15, 0.2) is 11.6 Å². The van der Waals surface area contributed by atoms with Crippen LogP contribution in [-0.4, -0.2) is 34.8 Å². The topological polar surface area (TPSA) is 86.8 Å². The fourth-order valence-electron chi connectivity index (χ4n) is 3.00. The van der Waals surface area contributed by atoms with Gasteiger partial charge in [0.25, 0.3) is 5.91 Å². The molecule has 2 heterocycles. The zero-order chi connectivity index (χ0) is 20.4. The smallest absolute Gasteiger partial charge is 0.256 e. The maximum Gasteiger partial charge on any atom is 0.256 e. The van der Waals surface area contributed by atoms with E-state index < -0.39 is 0 Å². The lowest BCUT2D eigenvalue weighted by Gasteiger charge is -2.14. The van der Waals surface area contributed by atoms with Crippen LogP contribution in [0, 0.1) is 11.3 Å². The minimum Gasteiger partial charge on any atom is -0.378 e. The van der Waals surface area contributed by atoms with Gasteiger partial charge < -0.3 is 10.2 Å². The van der Waals surface area contributed by atoms with Crippen molar-refractivity contribution in [3.63, 3.8) is 0 Å². The monoisotopic (exact) mass is 382 g/mol. The summed E-state index contributed by atoms with van der Waals surface area (Å²) < 4.78 is 1.47. The molecule has 0 unspecified atom stereocenters. The van der Waals surface area contributed by atoms with Crippen molar-refractivity contribution in [2.24, 2.45) is 0 Å². The third kappa shape index (κ3) is 3.51. The van der Waals surface area contributed by atoms with Crippen LogP contribution in [0.25, 0.3) is 16.7 Å². The molecule has 1 N–H and O–H groups in total. The Balaban J connectivity index is 1.72. The van der Waals surface area contributed by atoms with E-state index in [1.165, 1.54) is 10.9 Å². The Bertz CT molecular complexity index is 1250. The second-order valence-electron chi connectivity index (χ2n) is 6.69. The van der Waals surface area contributed by atoms with Gasteiger partial charge in [0.05, 0.1) is 11.7 Å². The standard InChI is InChI=1S/C22H18N6O/c1-27(2)18-8-5-7-16(12-18)22(29)26-21-17(13-23)14-24-28(21)20-11-10-15-6-3-4-9-19(15)25-20/h3-12,14H,1-2H3,(H,26,29). The Kier molecular flexibility index (Phi) is 4.67. The van der Waals surface area contributed by atoms with Crippen molar-refractivity contribution < 1.29 is 4.79 Å². The Hall–Kier alpha value is -4.18. The molecule has 29 heavy (non-hydrogen) atoms. The van der Waals surface area contributed by atoms with Gasteiger partial charge in [-0.2, -0.15) is 15.0 Å². The zero-order valence-electron chi connectivity index (χ0n) is 16.0. The Morgan fingerprint density at radius 1 is 1.10 bits per heavy atom. The molecule has 0 radical (unpaired) electrons. The van der Waals surface area contributed by atoms with Crippen LogP contribution in [0.1, 0.15) is 15.9 Å². The fourth-order valence-corrected chi connectivity index (χ4v) is 3.00. The van der Waals surface area contributed by atoms with E-state index >= 15 is 0 Å². The number of nitriles is 1. The highest BCUT2D eigenvalue weighted by molar-refractivity contribution is 6.05. The summed E-state index contributed by atoms with van der Waals surface area (Å²) in [6, 6.07) is 20.8. The van der Waals surface area contributed by atoms with Crippen LogP contribution in [0.15, 0.2) is 66.9 Å². The van der Waals surface area contributed by atoms with Gasteiger partial charge in [-0.3, -0.25) is 4.79 Å². The molecule has 7 nitrogen and oxygen atoms in total. The molecule has 0 aliphatic heterocycles. The maximum atomic E-state index is 12.9. The molecule has 4 rings (SSSR count). The van der Waals surface area contributed by atoms with Gasteiger partial charge in [-0.1, -0.05) is 24.3 Å². The number of hydrogen-bond acceptors (Lipinski definition) is 5. The fraction of sp³-hybridized carbons (Fsp3) is 0.0909. The van der Waals surface area contributed by atoms with Crippen molar-refractivity contribution in [1.82, 2.24) is 14.8 Å². The molecule has 0 saturated heterocycles. The van der Waals surface area contributed by atoms with Crippen molar-refractivity contribution in [3.05, 3.63) is 78.0 Å². The van der Waals surface area contributed by atoms with E-state index in [-0.39, 0.29) is 17.3 Å². The summed E-state index contributed by atoms with van der Waals surface area (Å²) in [5.41, 5.74) is 2.45. The number of benzene rings is 2. The Morgan fingerprint density at radius 2 is 1.93 bits per heavy atom. The van der Waals surface area contributed by atoms with Crippen LogP contribution in [0.5, 0.6) is 0 Å². The number of fused-ring (bicyclic) bond motifs is 1. The third-order valence-corrected chi connectivity index (χ3v) is 4.55. The quantitative estimate of drug-likeness (QED) is 0.583. The molecule has 0 fully saturated rings. The molecule has 4 aromatic rings. The predicted molar refractivity (Wildman–Crippen MR) is 112 cm³/mol. The molecule has 0 atom stereocenters. The highest BCUT2D eigenvalue weighted by atomic mass is 16.1. The van der Waals surface area contributed by atoms with Gasteiger partial charge in [-0.05, 0) is 36.4 Å². The average Bonchev–Trinajstić information content (AvgIpc) is 3.15. The highest BCUT2D eigenvalue weighted by Crippen LogP contribution is 2.22. The molecule has 0 spiro atoms. The highest BCUT2D eigenvalue weighted by Gasteiger charge is 2.17. The zero-order valence-corrected chi connectivity index (χ0v) is 16.0. The Morgan fingerprint density at radius 3 is 2.72 bits per heavy atom. The van der Waals surface area contributed by atoms with Crippen LogP contribution in [0.2, 0.25) is 0 Å². The lowest BCUT2D eigenvalue weighted by Crippen LogP contribution is -2.17. The first-order chi connectivity index (χ1) is 14.1. The number of rotatable bonds is 4.